The van der Waals surface area contributed by atoms with E-state index in [1.165, 1.54) is 19.3 Å². The molecule has 0 aliphatic carbocycles. The van der Waals surface area contributed by atoms with Gasteiger partial charge in [-0.05, 0) is 18.2 Å². The summed E-state index contributed by atoms with van der Waals surface area (Å²) in [6.07, 6.45) is 5.52. The smallest absolute Gasteiger partial charge is 0.344 e. The Hall–Kier alpha value is -0.440. The molecule has 0 spiro atoms. The fourth-order valence-electron chi connectivity index (χ4n) is 1.000. The van der Waals surface area contributed by atoms with Crippen LogP contribution in [0.2, 0.25) is 0 Å². The molecule has 12 heavy (non-hydrogen) atoms. The van der Waals surface area contributed by atoms with Gasteiger partial charge in [0, 0.05) is 0 Å². The lowest BCUT2D eigenvalue weighted by Crippen LogP contribution is -1.96. The van der Waals surface area contributed by atoms with Gasteiger partial charge in [0.2, 0.25) is 0 Å². The number of esters is 1. The van der Waals surface area contributed by atoms with Crippen molar-refractivity contribution in [2.24, 2.45) is 0 Å². The Bertz CT molecular complexity index is 187. The summed E-state index contributed by atoms with van der Waals surface area (Å²) in [6.45, 7) is 2.64. The van der Waals surface area contributed by atoms with E-state index in [9.17, 15) is 4.79 Å². The molecule has 3 heteroatoms. The Morgan fingerprint density at radius 3 is 3.00 bits per heavy atom. The number of thioether (sulfide) groups is 1. The van der Waals surface area contributed by atoms with Crippen LogP contribution < -0.4 is 0 Å². The molecule has 0 aromatic heterocycles. The van der Waals surface area contributed by atoms with Gasteiger partial charge in [-0.1, -0.05) is 19.8 Å². The first-order valence-electron chi connectivity index (χ1n) is 4.34. The number of rotatable bonds is 5. The standard InChI is InChI=1S/C9H14O2S/c1-2-3-4-7-12-8-5-6-11-9(8)10/h5H,2-4,6-7H2,1H3. The molecule has 2 nitrogen and oxygen atoms in total. The van der Waals surface area contributed by atoms with Crippen molar-refractivity contribution in [3.63, 3.8) is 0 Å². The highest BCUT2D eigenvalue weighted by Crippen LogP contribution is 2.22. The molecule has 0 saturated carbocycles. The fourth-order valence-corrected chi connectivity index (χ4v) is 1.93. The second-order valence-corrected chi connectivity index (χ2v) is 3.86. The number of cyclic esters (lactones) is 1. The van der Waals surface area contributed by atoms with Crippen LogP contribution in [-0.2, 0) is 9.53 Å². The minimum atomic E-state index is -0.142. The van der Waals surface area contributed by atoms with Crippen molar-refractivity contribution in [3.8, 4) is 0 Å². The van der Waals surface area contributed by atoms with Gasteiger partial charge in [-0.25, -0.2) is 4.79 Å². The largest absolute Gasteiger partial charge is 0.457 e. The Morgan fingerprint density at radius 1 is 1.58 bits per heavy atom. The monoisotopic (exact) mass is 186 g/mol. The van der Waals surface area contributed by atoms with E-state index in [0.29, 0.717) is 6.61 Å². The molecule has 1 aliphatic heterocycles. The summed E-state index contributed by atoms with van der Waals surface area (Å²) in [5, 5.41) is 0. The second-order valence-electron chi connectivity index (χ2n) is 2.72. The predicted octanol–water partition coefficient (Wildman–Crippen LogP) is 2.35. The van der Waals surface area contributed by atoms with Gasteiger partial charge in [-0.3, -0.25) is 0 Å². The van der Waals surface area contributed by atoms with E-state index >= 15 is 0 Å². The van der Waals surface area contributed by atoms with Gasteiger partial charge in [0.05, 0.1) is 4.91 Å². The molecule has 0 aromatic carbocycles. The Balaban J connectivity index is 2.10. The van der Waals surface area contributed by atoms with Gasteiger partial charge in [-0.2, -0.15) is 0 Å². The zero-order chi connectivity index (χ0) is 8.81. The maximum atomic E-state index is 10.9. The minimum Gasteiger partial charge on any atom is -0.457 e. The number of carbonyl (C=O) groups excluding carboxylic acids is 1. The highest BCUT2D eigenvalue weighted by Gasteiger charge is 2.15. The number of hydrogen-bond acceptors (Lipinski definition) is 3. The van der Waals surface area contributed by atoms with E-state index in [2.05, 4.69) is 6.92 Å². The highest BCUT2D eigenvalue weighted by atomic mass is 32.2. The zero-order valence-corrected chi connectivity index (χ0v) is 8.15. The van der Waals surface area contributed by atoms with Crippen LogP contribution in [-0.4, -0.2) is 18.3 Å². The van der Waals surface area contributed by atoms with E-state index in [1.54, 1.807) is 11.8 Å². The summed E-state index contributed by atoms with van der Waals surface area (Å²) in [7, 11) is 0. The fraction of sp³-hybridized carbons (Fsp3) is 0.667. The molecule has 0 amide bonds. The van der Waals surface area contributed by atoms with Crippen molar-refractivity contribution in [1.82, 2.24) is 0 Å². The molecule has 68 valence electrons. The third kappa shape index (κ3) is 2.89. The Labute approximate surface area is 77.4 Å². The van der Waals surface area contributed by atoms with E-state index in [0.717, 1.165) is 10.7 Å². The van der Waals surface area contributed by atoms with Gasteiger partial charge in [-0.15, -0.1) is 11.8 Å². The molecule has 0 radical (unpaired) electrons. The van der Waals surface area contributed by atoms with Crippen molar-refractivity contribution in [3.05, 3.63) is 11.0 Å². The Kier molecular flexibility index (Phi) is 4.22. The first-order valence-corrected chi connectivity index (χ1v) is 5.33. The van der Waals surface area contributed by atoms with Crippen LogP contribution in [0.3, 0.4) is 0 Å². The molecule has 0 aromatic rings. The molecule has 0 fully saturated rings. The van der Waals surface area contributed by atoms with Gasteiger partial charge in [0.1, 0.15) is 6.61 Å². The van der Waals surface area contributed by atoms with Crippen molar-refractivity contribution in [2.45, 2.75) is 26.2 Å². The molecule has 0 saturated heterocycles. The molecular formula is C9H14O2S. The van der Waals surface area contributed by atoms with E-state index in [-0.39, 0.29) is 5.97 Å². The van der Waals surface area contributed by atoms with Crippen molar-refractivity contribution in [1.29, 1.82) is 0 Å². The third-order valence-electron chi connectivity index (χ3n) is 1.69. The highest BCUT2D eigenvalue weighted by molar-refractivity contribution is 8.03. The normalized spacial score (nSPS) is 16.1. The quantitative estimate of drug-likeness (QED) is 0.487. The molecule has 0 N–H and O–H groups in total. The van der Waals surface area contributed by atoms with Crippen LogP contribution in [0.1, 0.15) is 26.2 Å². The maximum absolute atomic E-state index is 10.9. The van der Waals surface area contributed by atoms with Crippen molar-refractivity contribution in [2.75, 3.05) is 12.4 Å². The summed E-state index contributed by atoms with van der Waals surface area (Å²) < 4.78 is 4.77. The van der Waals surface area contributed by atoms with E-state index in [1.807, 2.05) is 6.08 Å². The average molecular weight is 186 g/mol. The van der Waals surface area contributed by atoms with Gasteiger partial charge < -0.3 is 4.74 Å². The molecular weight excluding hydrogens is 172 g/mol. The van der Waals surface area contributed by atoms with Crippen LogP contribution in [0.25, 0.3) is 0 Å². The average Bonchev–Trinajstić information content (AvgIpc) is 2.46. The predicted molar refractivity (Wildman–Crippen MR) is 51.0 cm³/mol. The first kappa shape index (κ1) is 9.65. The van der Waals surface area contributed by atoms with Gasteiger partial charge in [0.15, 0.2) is 0 Å². The number of ether oxygens (including phenoxy) is 1. The third-order valence-corrected chi connectivity index (χ3v) is 2.83. The molecule has 0 atom stereocenters. The molecule has 1 aliphatic rings. The number of unbranched alkanes of at least 4 members (excludes halogenated alkanes) is 2. The van der Waals surface area contributed by atoms with Gasteiger partial charge >= 0.3 is 5.97 Å². The van der Waals surface area contributed by atoms with Crippen LogP contribution in [0.5, 0.6) is 0 Å². The van der Waals surface area contributed by atoms with Crippen LogP contribution >= 0.6 is 11.8 Å². The number of carbonyl (C=O) groups is 1. The summed E-state index contributed by atoms with van der Waals surface area (Å²) in [5.41, 5.74) is 0. The molecule has 1 heterocycles. The molecule has 1 rings (SSSR count). The van der Waals surface area contributed by atoms with Crippen LogP contribution in [0, 0.1) is 0 Å². The minimum absolute atomic E-state index is 0.142. The first-order chi connectivity index (χ1) is 5.84. The SMILES string of the molecule is CCCCCSC1=CCOC1=O. The maximum Gasteiger partial charge on any atom is 0.344 e. The topological polar surface area (TPSA) is 26.3 Å². The van der Waals surface area contributed by atoms with Crippen molar-refractivity contribution >= 4 is 17.7 Å². The lowest BCUT2D eigenvalue weighted by molar-refractivity contribution is -0.135. The zero-order valence-electron chi connectivity index (χ0n) is 7.34. The van der Waals surface area contributed by atoms with Crippen molar-refractivity contribution < 1.29 is 9.53 Å². The summed E-state index contributed by atoms with van der Waals surface area (Å²) >= 11 is 1.62. The summed E-state index contributed by atoms with van der Waals surface area (Å²) in [4.78, 5) is 11.7. The summed E-state index contributed by atoms with van der Waals surface area (Å²) in [6, 6.07) is 0. The second kappa shape index (κ2) is 5.25. The van der Waals surface area contributed by atoms with Crippen LogP contribution in [0.4, 0.5) is 0 Å². The van der Waals surface area contributed by atoms with E-state index in [4.69, 9.17) is 4.74 Å². The van der Waals surface area contributed by atoms with E-state index < -0.39 is 0 Å². The number of hydrogen-bond donors (Lipinski definition) is 0. The molecule has 0 unspecified atom stereocenters. The van der Waals surface area contributed by atoms with Gasteiger partial charge in [0.25, 0.3) is 0 Å². The Morgan fingerprint density at radius 2 is 2.42 bits per heavy atom. The summed E-state index contributed by atoms with van der Waals surface area (Å²) in [5.74, 6) is 0.894. The lowest BCUT2D eigenvalue weighted by Gasteiger charge is -1.98. The van der Waals surface area contributed by atoms with Crippen LogP contribution in [0.15, 0.2) is 11.0 Å². The lowest BCUT2D eigenvalue weighted by atomic mass is 10.3. The molecule has 0 bridgehead atoms.